The second kappa shape index (κ2) is 6.60. The van der Waals surface area contributed by atoms with Gasteiger partial charge in [-0.1, -0.05) is 51.1 Å². The number of hydrogen-bond donors (Lipinski definition) is 0. The van der Waals surface area contributed by atoms with Crippen molar-refractivity contribution in [1.29, 1.82) is 0 Å². The lowest BCUT2D eigenvalue weighted by Gasteiger charge is -2.27. The van der Waals surface area contributed by atoms with Gasteiger partial charge in [0.2, 0.25) is 0 Å². The van der Waals surface area contributed by atoms with Crippen molar-refractivity contribution in [2.45, 2.75) is 45.3 Å². The van der Waals surface area contributed by atoms with Gasteiger partial charge < -0.3 is 4.43 Å². The van der Waals surface area contributed by atoms with E-state index < -0.39 is 8.32 Å². The minimum Gasteiger partial charge on any atom is -0.519 e. The molecule has 1 rings (SSSR count). The molecule has 0 heterocycles. The Labute approximate surface area is 105 Å². The highest BCUT2D eigenvalue weighted by Gasteiger charge is 2.32. The molecule has 0 fully saturated rings. The van der Waals surface area contributed by atoms with Crippen LogP contribution in [0.2, 0.25) is 18.1 Å². The van der Waals surface area contributed by atoms with Crippen LogP contribution in [-0.4, -0.2) is 14.3 Å². The molecule has 0 saturated carbocycles. The molecule has 94 valence electrons. The maximum Gasteiger partial charge on any atom is 0.296 e. The molecular weight excluding hydrogens is 228 g/mol. The SMILES string of the molecule is CC[Si](CC)(CC)OC(=O)Cc1ccccc1. The quantitative estimate of drug-likeness (QED) is 0.718. The molecular formula is C14H22O2Si. The van der Waals surface area contributed by atoms with Gasteiger partial charge in [-0.2, -0.15) is 0 Å². The molecule has 0 bridgehead atoms. The number of benzene rings is 1. The summed E-state index contributed by atoms with van der Waals surface area (Å²) in [6.45, 7) is 6.40. The van der Waals surface area contributed by atoms with Crippen LogP contribution in [0.4, 0.5) is 0 Å². The highest BCUT2D eigenvalue weighted by molar-refractivity contribution is 6.74. The van der Waals surface area contributed by atoms with Crippen molar-refractivity contribution in [3.63, 3.8) is 0 Å². The first kappa shape index (κ1) is 14.0. The molecule has 0 unspecified atom stereocenters. The lowest BCUT2D eigenvalue weighted by Crippen LogP contribution is -2.38. The fourth-order valence-electron chi connectivity index (χ4n) is 2.01. The van der Waals surface area contributed by atoms with Crippen LogP contribution in [0.25, 0.3) is 0 Å². The number of carbonyl (C=O) groups is 1. The Balaban J connectivity index is 2.60. The van der Waals surface area contributed by atoms with Gasteiger partial charge in [-0.15, -0.1) is 0 Å². The summed E-state index contributed by atoms with van der Waals surface area (Å²) >= 11 is 0. The van der Waals surface area contributed by atoms with Gasteiger partial charge in [0, 0.05) is 0 Å². The number of rotatable bonds is 6. The Morgan fingerprint density at radius 3 is 2.06 bits per heavy atom. The molecule has 0 atom stereocenters. The molecule has 1 aromatic carbocycles. The van der Waals surface area contributed by atoms with E-state index in [-0.39, 0.29) is 5.97 Å². The predicted octanol–water partition coefficient (Wildman–Crippen LogP) is 3.78. The van der Waals surface area contributed by atoms with E-state index >= 15 is 0 Å². The maximum atomic E-state index is 11.9. The summed E-state index contributed by atoms with van der Waals surface area (Å²) in [6, 6.07) is 12.8. The Morgan fingerprint density at radius 2 is 1.59 bits per heavy atom. The standard InChI is InChI=1S/C14H22O2Si/c1-4-17(5-2,6-3)16-14(15)12-13-10-8-7-9-11-13/h7-11H,4-6,12H2,1-3H3. The van der Waals surface area contributed by atoms with E-state index in [4.69, 9.17) is 4.43 Å². The Kier molecular flexibility index (Phi) is 5.42. The molecule has 0 spiro atoms. The van der Waals surface area contributed by atoms with Gasteiger partial charge in [0.1, 0.15) is 0 Å². The summed E-state index contributed by atoms with van der Waals surface area (Å²) in [5.41, 5.74) is 1.03. The third-order valence-electron chi connectivity index (χ3n) is 3.45. The van der Waals surface area contributed by atoms with Gasteiger partial charge in [-0.05, 0) is 23.7 Å². The minimum absolute atomic E-state index is 0.0617. The molecule has 0 aliphatic heterocycles. The number of carbonyl (C=O) groups excluding carboxylic acids is 1. The largest absolute Gasteiger partial charge is 0.519 e. The Bertz CT molecular complexity index is 336. The van der Waals surface area contributed by atoms with Gasteiger partial charge in [0.15, 0.2) is 0 Å². The van der Waals surface area contributed by atoms with E-state index in [1.807, 2.05) is 30.3 Å². The molecule has 0 saturated heterocycles. The van der Waals surface area contributed by atoms with Gasteiger partial charge in [-0.3, -0.25) is 4.79 Å². The van der Waals surface area contributed by atoms with Gasteiger partial charge in [0.25, 0.3) is 14.3 Å². The highest BCUT2D eigenvalue weighted by Crippen LogP contribution is 2.22. The van der Waals surface area contributed by atoms with Crippen LogP contribution in [-0.2, 0) is 15.6 Å². The lowest BCUT2D eigenvalue weighted by atomic mass is 10.2. The van der Waals surface area contributed by atoms with Crippen LogP contribution in [0, 0.1) is 0 Å². The smallest absolute Gasteiger partial charge is 0.296 e. The topological polar surface area (TPSA) is 26.3 Å². The summed E-state index contributed by atoms with van der Waals surface area (Å²) in [5, 5.41) is 0. The zero-order valence-corrected chi connectivity index (χ0v) is 12.0. The summed E-state index contributed by atoms with van der Waals surface area (Å²) in [5.74, 6) is -0.0617. The zero-order valence-electron chi connectivity index (χ0n) is 11.0. The molecule has 2 nitrogen and oxygen atoms in total. The second-order valence-electron chi connectivity index (χ2n) is 4.38. The molecule has 0 aliphatic rings. The molecule has 0 radical (unpaired) electrons. The van der Waals surface area contributed by atoms with Gasteiger partial charge >= 0.3 is 0 Å². The van der Waals surface area contributed by atoms with Crippen molar-refractivity contribution in [2.75, 3.05) is 0 Å². The molecule has 17 heavy (non-hydrogen) atoms. The van der Waals surface area contributed by atoms with Crippen LogP contribution in [0.3, 0.4) is 0 Å². The average Bonchev–Trinajstić information content (AvgIpc) is 2.37. The lowest BCUT2D eigenvalue weighted by molar-refractivity contribution is -0.134. The van der Waals surface area contributed by atoms with Crippen molar-refractivity contribution in [1.82, 2.24) is 0 Å². The highest BCUT2D eigenvalue weighted by atomic mass is 28.4. The third-order valence-corrected chi connectivity index (χ3v) is 7.98. The van der Waals surface area contributed by atoms with E-state index in [0.717, 1.165) is 23.7 Å². The zero-order chi connectivity index (χ0) is 12.7. The molecule has 0 N–H and O–H groups in total. The fraction of sp³-hybridized carbons (Fsp3) is 0.500. The van der Waals surface area contributed by atoms with Crippen LogP contribution < -0.4 is 0 Å². The average molecular weight is 250 g/mol. The third kappa shape index (κ3) is 4.00. The summed E-state index contributed by atoms with van der Waals surface area (Å²) < 4.78 is 5.79. The Hall–Kier alpha value is -1.09. The van der Waals surface area contributed by atoms with Crippen molar-refractivity contribution >= 4 is 14.3 Å². The molecule has 0 aliphatic carbocycles. The maximum absolute atomic E-state index is 11.9. The first-order chi connectivity index (χ1) is 8.15. The van der Waals surface area contributed by atoms with Crippen molar-refractivity contribution < 1.29 is 9.22 Å². The van der Waals surface area contributed by atoms with Crippen molar-refractivity contribution in [2.24, 2.45) is 0 Å². The van der Waals surface area contributed by atoms with E-state index in [9.17, 15) is 4.79 Å². The molecule has 0 amide bonds. The van der Waals surface area contributed by atoms with E-state index in [0.29, 0.717) is 6.42 Å². The predicted molar refractivity (Wildman–Crippen MR) is 73.4 cm³/mol. The monoisotopic (exact) mass is 250 g/mol. The van der Waals surface area contributed by atoms with E-state index in [2.05, 4.69) is 20.8 Å². The minimum atomic E-state index is -1.78. The molecule has 0 aromatic heterocycles. The summed E-state index contributed by atoms with van der Waals surface area (Å²) in [6.07, 6.45) is 0.398. The van der Waals surface area contributed by atoms with Crippen molar-refractivity contribution in [3.8, 4) is 0 Å². The molecule has 1 aromatic rings. The Morgan fingerprint density at radius 1 is 1.06 bits per heavy atom. The van der Waals surface area contributed by atoms with E-state index in [1.165, 1.54) is 0 Å². The van der Waals surface area contributed by atoms with Crippen LogP contribution in [0.5, 0.6) is 0 Å². The summed E-state index contributed by atoms with van der Waals surface area (Å²) in [4.78, 5) is 11.9. The first-order valence-electron chi connectivity index (χ1n) is 6.41. The van der Waals surface area contributed by atoms with Crippen LogP contribution >= 0.6 is 0 Å². The molecule has 3 heteroatoms. The second-order valence-corrected chi connectivity index (χ2v) is 9.07. The van der Waals surface area contributed by atoms with Crippen LogP contribution in [0.1, 0.15) is 26.3 Å². The fourth-order valence-corrected chi connectivity index (χ4v) is 4.49. The summed E-state index contributed by atoms with van der Waals surface area (Å²) in [7, 11) is -1.78. The first-order valence-corrected chi connectivity index (χ1v) is 8.94. The van der Waals surface area contributed by atoms with Gasteiger partial charge in [0.05, 0.1) is 6.42 Å². The van der Waals surface area contributed by atoms with Gasteiger partial charge in [-0.25, -0.2) is 0 Å². The normalized spacial score (nSPS) is 11.2. The number of hydrogen-bond acceptors (Lipinski definition) is 2. The van der Waals surface area contributed by atoms with Crippen molar-refractivity contribution in [3.05, 3.63) is 35.9 Å². The van der Waals surface area contributed by atoms with Crippen LogP contribution in [0.15, 0.2) is 30.3 Å². The van der Waals surface area contributed by atoms with E-state index in [1.54, 1.807) is 0 Å².